The Balaban J connectivity index is 1.50. The number of benzene rings is 2. The van der Waals surface area contributed by atoms with Crippen molar-refractivity contribution in [2.45, 2.75) is 6.54 Å². The zero-order chi connectivity index (χ0) is 17.1. The van der Waals surface area contributed by atoms with Crippen molar-refractivity contribution < 1.29 is 4.74 Å². The van der Waals surface area contributed by atoms with E-state index in [1.54, 1.807) is 13.4 Å². The summed E-state index contributed by atoms with van der Waals surface area (Å²) in [5.74, 6) is 1.84. The van der Waals surface area contributed by atoms with Crippen LogP contribution in [-0.2, 0) is 6.54 Å². The molecule has 5 heteroatoms. The first-order valence-electron chi connectivity index (χ1n) is 8.63. The van der Waals surface area contributed by atoms with Crippen molar-refractivity contribution >= 4 is 16.7 Å². The molecule has 0 atom stereocenters. The standard InChI is InChI=1S/C20H22N4O/c1-25-17-7-8-19-18(13-17)20(22-15-21-19)24-11-9-23(10-12-24)14-16-5-3-2-4-6-16/h2-8,13,15H,9-12,14H2,1H3. The van der Waals surface area contributed by atoms with Gasteiger partial charge in [0.05, 0.1) is 12.6 Å². The number of rotatable bonds is 4. The molecule has 5 nitrogen and oxygen atoms in total. The second-order valence-electron chi connectivity index (χ2n) is 6.33. The van der Waals surface area contributed by atoms with Crippen molar-refractivity contribution in [1.82, 2.24) is 14.9 Å². The van der Waals surface area contributed by atoms with Gasteiger partial charge in [-0.25, -0.2) is 9.97 Å². The summed E-state index contributed by atoms with van der Waals surface area (Å²) in [6.45, 7) is 5.01. The van der Waals surface area contributed by atoms with Crippen molar-refractivity contribution in [2.24, 2.45) is 0 Å². The third-order valence-corrected chi connectivity index (χ3v) is 4.74. The Labute approximate surface area is 147 Å². The Hall–Kier alpha value is -2.66. The molecule has 0 unspecified atom stereocenters. The maximum absolute atomic E-state index is 5.37. The van der Waals surface area contributed by atoms with Crippen molar-refractivity contribution in [3.63, 3.8) is 0 Å². The van der Waals surface area contributed by atoms with Gasteiger partial charge >= 0.3 is 0 Å². The third kappa shape index (κ3) is 3.42. The van der Waals surface area contributed by atoms with Gasteiger partial charge in [-0.3, -0.25) is 4.90 Å². The maximum atomic E-state index is 5.37. The quantitative estimate of drug-likeness (QED) is 0.734. The Morgan fingerprint density at radius 1 is 0.960 bits per heavy atom. The molecule has 0 N–H and O–H groups in total. The van der Waals surface area contributed by atoms with Crippen LogP contribution in [-0.4, -0.2) is 48.2 Å². The highest BCUT2D eigenvalue weighted by atomic mass is 16.5. The van der Waals surface area contributed by atoms with Crippen LogP contribution in [0.1, 0.15) is 5.56 Å². The fourth-order valence-electron chi connectivity index (χ4n) is 3.36. The van der Waals surface area contributed by atoms with Crippen LogP contribution in [0.2, 0.25) is 0 Å². The lowest BCUT2D eigenvalue weighted by atomic mass is 10.1. The van der Waals surface area contributed by atoms with Gasteiger partial charge in [0.15, 0.2) is 0 Å². The first-order valence-corrected chi connectivity index (χ1v) is 8.63. The van der Waals surface area contributed by atoms with Gasteiger partial charge in [-0.05, 0) is 23.8 Å². The molecule has 4 rings (SSSR count). The molecule has 1 aliphatic heterocycles. The highest BCUT2D eigenvalue weighted by molar-refractivity contribution is 5.90. The molecular formula is C20H22N4O. The lowest BCUT2D eigenvalue weighted by molar-refractivity contribution is 0.249. The van der Waals surface area contributed by atoms with Crippen LogP contribution in [0.25, 0.3) is 10.9 Å². The number of anilines is 1. The molecule has 0 bridgehead atoms. The van der Waals surface area contributed by atoms with Crippen molar-refractivity contribution in [3.8, 4) is 5.75 Å². The molecule has 25 heavy (non-hydrogen) atoms. The maximum Gasteiger partial charge on any atom is 0.140 e. The van der Waals surface area contributed by atoms with E-state index in [2.05, 4.69) is 50.1 Å². The minimum Gasteiger partial charge on any atom is -0.497 e. The summed E-state index contributed by atoms with van der Waals surface area (Å²) in [7, 11) is 1.69. The minimum atomic E-state index is 0.839. The topological polar surface area (TPSA) is 41.5 Å². The van der Waals surface area contributed by atoms with Gasteiger partial charge in [0, 0.05) is 38.1 Å². The van der Waals surface area contributed by atoms with Gasteiger partial charge in [-0.15, -0.1) is 0 Å². The Morgan fingerprint density at radius 2 is 1.76 bits per heavy atom. The molecule has 0 spiro atoms. The summed E-state index contributed by atoms with van der Waals surface area (Å²) >= 11 is 0. The summed E-state index contributed by atoms with van der Waals surface area (Å²) in [4.78, 5) is 13.8. The molecule has 0 aliphatic carbocycles. The van der Waals surface area contributed by atoms with Gasteiger partial charge in [-0.1, -0.05) is 30.3 Å². The molecule has 2 aromatic carbocycles. The highest BCUT2D eigenvalue weighted by Gasteiger charge is 2.20. The van der Waals surface area contributed by atoms with E-state index in [0.717, 1.165) is 55.2 Å². The molecule has 0 amide bonds. The molecule has 2 heterocycles. The van der Waals surface area contributed by atoms with E-state index in [-0.39, 0.29) is 0 Å². The normalized spacial score (nSPS) is 15.5. The first-order chi connectivity index (χ1) is 12.3. The van der Waals surface area contributed by atoms with E-state index in [9.17, 15) is 0 Å². The number of hydrogen-bond donors (Lipinski definition) is 0. The molecular weight excluding hydrogens is 312 g/mol. The van der Waals surface area contributed by atoms with Crippen LogP contribution in [0.3, 0.4) is 0 Å². The van der Waals surface area contributed by atoms with E-state index in [1.165, 1.54) is 5.56 Å². The highest BCUT2D eigenvalue weighted by Crippen LogP contribution is 2.27. The molecule has 1 saturated heterocycles. The summed E-state index contributed by atoms with van der Waals surface area (Å²) in [6, 6.07) is 16.6. The number of methoxy groups -OCH3 is 1. The lowest BCUT2D eigenvalue weighted by Gasteiger charge is -2.35. The fraction of sp³-hybridized carbons (Fsp3) is 0.300. The van der Waals surface area contributed by atoms with E-state index in [4.69, 9.17) is 4.74 Å². The predicted octanol–water partition coefficient (Wildman–Crippen LogP) is 2.96. The molecule has 128 valence electrons. The van der Waals surface area contributed by atoms with Gasteiger partial charge in [0.1, 0.15) is 17.9 Å². The average molecular weight is 334 g/mol. The molecule has 3 aromatic rings. The van der Waals surface area contributed by atoms with Gasteiger partial charge in [0.25, 0.3) is 0 Å². The largest absolute Gasteiger partial charge is 0.497 e. The number of fused-ring (bicyclic) bond motifs is 1. The van der Waals surface area contributed by atoms with E-state index in [0.29, 0.717) is 0 Å². The summed E-state index contributed by atoms with van der Waals surface area (Å²) in [5.41, 5.74) is 2.32. The van der Waals surface area contributed by atoms with Gasteiger partial charge in [0.2, 0.25) is 0 Å². The molecule has 1 aromatic heterocycles. The van der Waals surface area contributed by atoms with Crippen LogP contribution in [0, 0.1) is 0 Å². The average Bonchev–Trinajstić information content (AvgIpc) is 2.68. The smallest absolute Gasteiger partial charge is 0.140 e. The van der Waals surface area contributed by atoms with Gasteiger partial charge in [-0.2, -0.15) is 0 Å². The number of aromatic nitrogens is 2. The molecule has 0 saturated carbocycles. The van der Waals surface area contributed by atoms with Crippen LogP contribution >= 0.6 is 0 Å². The minimum absolute atomic E-state index is 0.839. The van der Waals surface area contributed by atoms with E-state index >= 15 is 0 Å². The molecule has 1 aliphatic rings. The van der Waals surface area contributed by atoms with Gasteiger partial charge < -0.3 is 9.64 Å². The van der Waals surface area contributed by atoms with E-state index < -0.39 is 0 Å². The number of hydrogen-bond acceptors (Lipinski definition) is 5. The van der Waals surface area contributed by atoms with E-state index in [1.807, 2.05) is 18.2 Å². The third-order valence-electron chi connectivity index (χ3n) is 4.74. The fourth-order valence-corrected chi connectivity index (χ4v) is 3.36. The van der Waals surface area contributed by atoms with Crippen LogP contribution in [0.4, 0.5) is 5.82 Å². The number of piperazine rings is 1. The Kier molecular flexibility index (Phi) is 4.48. The summed E-state index contributed by atoms with van der Waals surface area (Å²) in [6.07, 6.45) is 1.65. The number of ether oxygens (including phenoxy) is 1. The van der Waals surface area contributed by atoms with Crippen molar-refractivity contribution in [3.05, 3.63) is 60.4 Å². The molecule has 1 fully saturated rings. The summed E-state index contributed by atoms with van der Waals surface area (Å²) < 4.78 is 5.37. The van der Waals surface area contributed by atoms with Crippen LogP contribution in [0.15, 0.2) is 54.9 Å². The van der Waals surface area contributed by atoms with Crippen molar-refractivity contribution in [1.29, 1.82) is 0 Å². The second kappa shape index (κ2) is 7.07. The Bertz CT molecular complexity index is 845. The summed E-state index contributed by atoms with van der Waals surface area (Å²) in [5, 5.41) is 1.05. The zero-order valence-electron chi connectivity index (χ0n) is 14.4. The SMILES string of the molecule is COc1ccc2ncnc(N3CCN(Cc4ccccc4)CC3)c2c1. The van der Waals surface area contributed by atoms with Crippen LogP contribution in [0.5, 0.6) is 5.75 Å². The Morgan fingerprint density at radius 3 is 2.52 bits per heavy atom. The first kappa shape index (κ1) is 15.8. The monoisotopic (exact) mass is 334 g/mol. The van der Waals surface area contributed by atoms with Crippen LogP contribution < -0.4 is 9.64 Å². The predicted molar refractivity (Wildman–Crippen MR) is 100 cm³/mol. The second-order valence-corrected chi connectivity index (χ2v) is 6.33. The lowest BCUT2D eigenvalue weighted by Crippen LogP contribution is -2.46. The van der Waals surface area contributed by atoms with Crippen molar-refractivity contribution in [2.75, 3.05) is 38.2 Å². The number of nitrogens with zero attached hydrogens (tertiary/aromatic N) is 4. The molecule has 0 radical (unpaired) electrons. The zero-order valence-corrected chi connectivity index (χ0v) is 14.4.